The van der Waals surface area contributed by atoms with E-state index in [9.17, 15) is 13.2 Å². The number of carboxylic acid groups (broad SMARTS) is 1. The fourth-order valence-electron chi connectivity index (χ4n) is 2.16. The summed E-state index contributed by atoms with van der Waals surface area (Å²) in [7, 11) is -3.64. The maximum absolute atomic E-state index is 12.5. The summed E-state index contributed by atoms with van der Waals surface area (Å²) >= 11 is 3.22. The van der Waals surface area contributed by atoms with Crippen LogP contribution in [0.4, 0.5) is 0 Å². The first-order valence-corrected chi connectivity index (χ1v) is 8.13. The van der Waals surface area contributed by atoms with Crippen LogP contribution in [0.15, 0.2) is 33.6 Å². The van der Waals surface area contributed by atoms with Gasteiger partial charge in [0.1, 0.15) is 0 Å². The smallest absolute Gasteiger partial charge is 0.307 e. The lowest BCUT2D eigenvalue weighted by molar-refractivity contribution is -0.142. The molecule has 0 aromatic heterocycles. The highest BCUT2D eigenvalue weighted by molar-refractivity contribution is 9.10. The van der Waals surface area contributed by atoms with Gasteiger partial charge in [-0.05, 0) is 40.9 Å². The Morgan fingerprint density at radius 2 is 2.05 bits per heavy atom. The molecule has 1 fully saturated rings. The van der Waals surface area contributed by atoms with E-state index >= 15 is 0 Å². The molecule has 2 rings (SSSR count). The molecule has 1 atom stereocenters. The molecular weight excluding hydrogens is 334 g/mol. The highest BCUT2D eigenvalue weighted by Gasteiger charge is 2.33. The van der Waals surface area contributed by atoms with Crippen LogP contribution >= 0.6 is 15.9 Å². The first-order chi connectivity index (χ1) is 8.93. The molecule has 0 amide bonds. The molecule has 5 nitrogen and oxygen atoms in total. The zero-order valence-electron chi connectivity index (χ0n) is 10.1. The number of aliphatic carboxylic acids is 1. The Morgan fingerprint density at radius 1 is 1.37 bits per heavy atom. The van der Waals surface area contributed by atoms with E-state index in [1.54, 1.807) is 18.2 Å². The summed E-state index contributed by atoms with van der Waals surface area (Å²) in [6, 6.07) is 6.56. The fourth-order valence-corrected chi connectivity index (χ4v) is 4.64. The molecule has 19 heavy (non-hydrogen) atoms. The number of halogens is 1. The van der Waals surface area contributed by atoms with Crippen molar-refractivity contribution in [3.05, 3.63) is 28.7 Å². The first-order valence-electron chi connectivity index (χ1n) is 5.90. The van der Waals surface area contributed by atoms with E-state index in [1.807, 2.05) is 0 Å². The molecule has 1 heterocycles. The number of hydrogen-bond acceptors (Lipinski definition) is 3. The van der Waals surface area contributed by atoms with E-state index in [4.69, 9.17) is 5.11 Å². The third-order valence-corrected chi connectivity index (χ3v) is 6.07. The van der Waals surface area contributed by atoms with Crippen LogP contribution in [0, 0.1) is 5.92 Å². The monoisotopic (exact) mass is 347 g/mol. The summed E-state index contributed by atoms with van der Waals surface area (Å²) in [5.74, 6) is -1.56. The van der Waals surface area contributed by atoms with E-state index in [-0.39, 0.29) is 11.4 Å². The van der Waals surface area contributed by atoms with Gasteiger partial charge in [0.25, 0.3) is 0 Å². The minimum absolute atomic E-state index is 0.0407. The van der Waals surface area contributed by atoms with Gasteiger partial charge in [-0.1, -0.05) is 12.1 Å². The van der Waals surface area contributed by atoms with Gasteiger partial charge in [-0.3, -0.25) is 4.79 Å². The van der Waals surface area contributed by atoms with Crippen molar-refractivity contribution in [2.75, 3.05) is 13.1 Å². The van der Waals surface area contributed by atoms with Crippen molar-refractivity contribution in [1.82, 2.24) is 4.31 Å². The summed E-state index contributed by atoms with van der Waals surface area (Å²) < 4.78 is 26.7. The van der Waals surface area contributed by atoms with Crippen molar-refractivity contribution in [3.63, 3.8) is 0 Å². The largest absolute Gasteiger partial charge is 0.481 e. The van der Waals surface area contributed by atoms with Gasteiger partial charge < -0.3 is 5.11 Å². The summed E-state index contributed by atoms with van der Waals surface area (Å²) in [6.07, 6.45) is 1.10. The molecule has 1 aromatic carbocycles. The second-order valence-electron chi connectivity index (χ2n) is 4.47. The lowest BCUT2D eigenvalue weighted by atomic mass is 10.0. The highest BCUT2D eigenvalue weighted by atomic mass is 79.9. The molecule has 0 bridgehead atoms. The predicted octanol–water partition coefficient (Wildman–Crippen LogP) is 1.93. The van der Waals surface area contributed by atoms with Crippen LogP contribution in [0.25, 0.3) is 0 Å². The van der Waals surface area contributed by atoms with Crippen molar-refractivity contribution < 1.29 is 18.3 Å². The molecule has 104 valence electrons. The summed E-state index contributed by atoms with van der Waals surface area (Å²) in [5.41, 5.74) is 0. The minimum Gasteiger partial charge on any atom is -0.481 e. The van der Waals surface area contributed by atoms with Gasteiger partial charge in [0.05, 0.1) is 10.8 Å². The van der Waals surface area contributed by atoms with E-state index in [0.717, 1.165) is 0 Å². The molecular formula is C12H14BrNO4S. The molecule has 7 heteroatoms. The van der Waals surface area contributed by atoms with E-state index in [2.05, 4.69) is 15.9 Å². The Balaban J connectivity index is 2.30. The molecule has 1 aliphatic rings. The second-order valence-corrected chi connectivity index (χ2v) is 7.23. The van der Waals surface area contributed by atoms with Crippen molar-refractivity contribution >= 4 is 31.9 Å². The van der Waals surface area contributed by atoms with Crippen molar-refractivity contribution in [3.8, 4) is 0 Å². The molecule has 1 aromatic rings. The molecule has 1 N–H and O–H groups in total. The maximum Gasteiger partial charge on any atom is 0.307 e. The molecule has 0 unspecified atom stereocenters. The van der Waals surface area contributed by atoms with E-state index < -0.39 is 21.9 Å². The number of carbonyl (C=O) groups is 1. The summed E-state index contributed by atoms with van der Waals surface area (Å²) in [4.78, 5) is 11.2. The number of carboxylic acids is 1. The summed E-state index contributed by atoms with van der Waals surface area (Å²) in [5, 5.41) is 9.02. The Hall–Kier alpha value is -0.920. The number of nitrogens with zero attached hydrogens (tertiary/aromatic N) is 1. The van der Waals surface area contributed by atoms with Gasteiger partial charge >= 0.3 is 5.97 Å². The maximum atomic E-state index is 12.5. The molecule has 0 saturated carbocycles. The van der Waals surface area contributed by atoms with Crippen LogP contribution in [0.3, 0.4) is 0 Å². The minimum atomic E-state index is -3.64. The predicted molar refractivity (Wildman–Crippen MR) is 73.3 cm³/mol. The van der Waals surface area contributed by atoms with Gasteiger partial charge in [0, 0.05) is 17.6 Å². The van der Waals surface area contributed by atoms with Crippen molar-refractivity contribution in [1.29, 1.82) is 0 Å². The van der Waals surface area contributed by atoms with Crippen LogP contribution in [-0.2, 0) is 14.8 Å². The fraction of sp³-hybridized carbons (Fsp3) is 0.417. The van der Waals surface area contributed by atoms with Gasteiger partial charge in [-0.25, -0.2) is 8.42 Å². The second kappa shape index (κ2) is 5.60. The molecule has 0 spiro atoms. The Morgan fingerprint density at radius 3 is 2.68 bits per heavy atom. The van der Waals surface area contributed by atoms with Crippen molar-refractivity contribution in [2.45, 2.75) is 17.7 Å². The first kappa shape index (κ1) is 14.5. The number of hydrogen-bond donors (Lipinski definition) is 1. The Labute approximate surface area is 120 Å². The van der Waals surface area contributed by atoms with E-state index in [0.29, 0.717) is 23.9 Å². The van der Waals surface area contributed by atoms with Crippen molar-refractivity contribution in [2.24, 2.45) is 5.92 Å². The molecule has 1 aliphatic heterocycles. The van der Waals surface area contributed by atoms with Crippen LogP contribution in [0.1, 0.15) is 12.8 Å². The van der Waals surface area contributed by atoms with Gasteiger partial charge in [-0.15, -0.1) is 0 Å². The van der Waals surface area contributed by atoms with Crippen LogP contribution in [0.5, 0.6) is 0 Å². The highest BCUT2D eigenvalue weighted by Crippen LogP contribution is 2.28. The van der Waals surface area contributed by atoms with Gasteiger partial charge in [-0.2, -0.15) is 4.31 Å². The standard InChI is InChI=1S/C12H14BrNO4S/c13-10-5-1-2-6-11(10)19(17,18)14-7-3-4-9(8-14)12(15)16/h1-2,5-6,9H,3-4,7-8H2,(H,15,16)/t9-/m0/s1. The Bertz CT molecular complexity index is 587. The van der Waals surface area contributed by atoms with Gasteiger partial charge in [0.2, 0.25) is 10.0 Å². The number of piperidine rings is 1. The number of rotatable bonds is 3. The molecule has 0 aliphatic carbocycles. The normalized spacial score (nSPS) is 21.2. The number of sulfonamides is 1. The lowest BCUT2D eigenvalue weighted by Gasteiger charge is -2.30. The van der Waals surface area contributed by atoms with Crippen LogP contribution < -0.4 is 0 Å². The zero-order valence-corrected chi connectivity index (χ0v) is 12.5. The lowest BCUT2D eigenvalue weighted by Crippen LogP contribution is -2.42. The third kappa shape index (κ3) is 2.98. The third-order valence-electron chi connectivity index (χ3n) is 3.19. The number of benzene rings is 1. The summed E-state index contributed by atoms with van der Waals surface area (Å²) in [6.45, 7) is 0.409. The average Bonchev–Trinajstić information content (AvgIpc) is 2.39. The van der Waals surface area contributed by atoms with Gasteiger partial charge in [0.15, 0.2) is 0 Å². The van der Waals surface area contributed by atoms with E-state index in [1.165, 1.54) is 10.4 Å². The van der Waals surface area contributed by atoms with Crippen LogP contribution in [0.2, 0.25) is 0 Å². The SMILES string of the molecule is O=C(O)[C@H]1CCCN(S(=O)(=O)c2ccccc2Br)C1. The topological polar surface area (TPSA) is 74.7 Å². The van der Waals surface area contributed by atoms with Crippen LogP contribution in [-0.4, -0.2) is 36.9 Å². The molecule has 0 radical (unpaired) electrons. The Kier molecular flexibility index (Phi) is 4.27. The molecule has 1 saturated heterocycles. The zero-order chi connectivity index (χ0) is 14.0. The average molecular weight is 348 g/mol. The quantitative estimate of drug-likeness (QED) is 0.906.